The van der Waals surface area contributed by atoms with Gasteiger partial charge in [0.05, 0.1) is 11.5 Å². The molecule has 1 aliphatic carbocycles. The number of rotatable bonds is 4. The highest BCUT2D eigenvalue weighted by Crippen LogP contribution is 2.22. The number of aromatic nitrogens is 1. The molecule has 0 spiro atoms. The summed E-state index contributed by atoms with van der Waals surface area (Å²) in [4.78, 5) is 2.92. The number of aliphatic hydroxyl groups excluding tert-OH is 1. The van der Waals surface area contributed by atoms with Crippen molar-refractivity contribution in [2.24, 2.45) is 0 Å². The van der Waals surface area contributed by atoms with E-state index in [0.29, 0.717) is 12.1 Å². The summed E-state index contributed by atoms with van der Waals surface area (Å²) < 4.78 is 27.4. The number of aliphatic hydroxyl groups is 1. The molecule has 1 aromatic carbocycles. The fraction of sp³-hybridized carbons (Fsp3) is 0.333. The van der Waals surface area contributed by atoms with Crippen LogP contribution in [-0.4, -0.2) is 24.6 Å². The Morgan fingerprint density at radius 2 is 2.05 bits per heavy atom. The Kier molecular flexibility index (Phi) is 3.84. The predicted molar refractivity (Wildman–Crippen MR) is 79.3 cm³/mol. The molecule has 1 unspecified atom stereocenters. The van der Waals surface area contributed by atoms with E-state index < -0.39 is 10.0 Å². The number of aryl methyl sites for hydroxylation is 1. The van der Waals surface area contributed by atoms with E-state index in [0.717, 1.165) is 12.8 Å². The van der Waals surface area contributed by atoms with Crippen LogP contribution in [0.2, 0.25) is 0 Å². The highest BCUT2D eigenvalue weighted by Gasteiger charge is 2.24. The van der Waals surface area contributed by atoms with Gasteiger partial charge in [-0.2, -0.15) is 0 Å². The number of sulfonamides is 1. The molecule has 0 fully saturated rings. The topological polar surface area (TPSA) is 82.2 Å². The second kappa shape index (κ2) is 5.63. The highest BCUT2D eigenvalue weighted by molar-refractivity contribution is 7.89. The zero-order valence-corrected chi connectivity index (χ0v) is 12.4. The number of H-pyrrole nitrogens is 1. The van der Waals surface area contributed by atoms with Gasteiger partial charge in [0, 0.05) is 17.9 Å². The standard InChI is InChI=1S/C15H18N2O3S/c18-10-14-8-15(9-16-14)21(19,20)17-13-6-5-11-3-1-2-4-12(11)7-13/h1-4,8-9,13,16-18H,5-7,10H2. The molecule has 1 heterocycles. The lowest BCUT2D eigenvalue weighted by Gasteiger charge is -2.25. The van der Waals surface area contributed by atoms with Gasteiger partial charge in [0.15, 0.2) is 0 Å². The number of benzene rings is 1. The molecule has 112 valence electrons. The van der Waals surface area contributed by atoms with Gasteiger partial charge < -0.3 is 10.1 Å². The molecule has 1 aliphatic rings. The summed E-state index contributed by atoms with van der Waals surface area (Å²) in [5, 5.41) is 9.00. The number of hydrogen-bond donors (Lipinski definition) is 3. The van der Waals surface area contributed by atoms with Crippen LogP contribution in [0.5, 0.6) is 0 Å². The van der Waals surface area contributed by atoms with E-state index in [1.165, 1.54) is 23.4 Å². The predicted octanol–water partition coefficient (Wildman–Crippen LogP) is 1.34. The van der Waals surface area contributed by atoms with Gasteiger partial charge in [-0.25, -0.2) is 13.1 Å². The lowest BCUT2D eigenvalue weighted by molar-refractivity contribution is 0.277. The summed E-state index contributed by atoms with van der Waals surface area (Å²) in [6.07, 6.45) is 3.81. The third-order valence-corrected chi connectivity index (χ3v) is 5.37. The van der Waals surface area contributed by atoms with Crippen molar-refractivity contribution < 1.29 is 13.5 Å². The van der Waals surface area contributed by atoms with Crippen molar-refractivity contribution in [3.8, 4) is 0 Å². The van der Waals surface area contributed by atoms with Crippen molar-refractivity contribution in [1.29, 1.82) is 0 Å². The maximum atomic E-state index is 12.3. The van der Waals surface area contributed by atoms with Crippen LogP contribution in [-0.2, 0) is 29.5 Å². The lowest BCUT2D eigenvalue weighted by atomic mass is 9.89. The summed E-state index contributed by atoms with van der Waals surface area (Å²) in [6.45, 7) is -0.202. The van der Waals surface area contributed by atoms with Crippen molar-refractivity contribution in [3.05, 3.63) is 53.3 Å². The Morgan fingerprint density at radius 1 is 1.29 bits per heavy atom. The van der Waals surface area contributed by atoms with Crippen molar-refractivity contribution in [1.82, 2.24) is 9.71 Å². The molecule has 1 aromatic heterocycles. The Morgan fingerprint density at radius 3 is 2.76 bits per heavy atom. The molecule has 3 N–H and O–H groups in total. The fourth-order valence-electron chi connectivity index (χ4n) is 2.75. The Hall–Kier alpha value is -1.63. The molecule has 2 aromatic rings. The highest BCUT2D eigenvalue weighted by atomic mass is 32.2. The normalized spacial score (nSPS) is 18.4. The SMILES string of the molecule is O=S(=O)(NC1CCc2ccccc2C1)c1c[nH]c(CO)c1. The van der Waals surface area contributed by atoms with Crippen LogP contribution in [0.25, 0.3) is 0 Å². The Bertz CT molecular complexity index is 737. The zero-order valence-electron chi connectivity index (χ0n) is 11.5. The van der Waals surface area contributed by atoms with E-state index in [1.807, 2.05) is 12.1 Å². The van der Waals surface area contributed by atoms with Crippen LogP contribution in [0, 0.1) is 0 Å². The first-order chi connectivity index (χ1) is 10.1. The molecule has 0 bridgehead atoms. The van der Waals surface area contributed by atoms with Gasteiger partial charge in [-0.1, -0.05) is 24.3 Å². The van der Waals surface area contributed by atoms with Gasteiger partial charge in [-0.15, -0.1) is 0 Å². The molecule has 0 aliphatic heterocycles. The molecule has 0 saturated heterocycles. The number of fused-ring (bicyclic) bond motifs is 1. The van der Waals surface area contributed by atoms with E-state index in [2.05, 4.69) is 21.8 Å². The van der Waals surface area contributed by atoms with Crippen LogP contribution in [0.3, 0.4) is 0 Å². The van der Waals surface area contributed by atoms with Crippen molar-refractivity contribution >= 4 is 10.0 Å². The zero-order chi connectivity index (χ0) is 14.9. The minimum absolute atomic E-state index is 0.0858. The Balaban J connectivity index is 1.75. The second-order valence-corrected chi connectivity index (χ2v) is 7.06. The van der Waals surface area contributed by atoms with E-state index in [-0.39, 0.29) is 17.5 Å². The summed E-state index contributed by atoms with van der Waals surface area (Å²) in [5.41, 5.74) is 3.00. The average molecular weight is 306 g/mol. The van der Waals surface area contributed by atoms with Crippen LogP contribution < -0.4 is 4.72 Å². The molecular formula is C15H18N2O3S. The molecular weight excluding hydrogens is 288 g/mol. The van der Waals surface area contributed by atoms with Crippen molar-refractivity contribution in [3.63, 3.8) is 0 Å². The Labute approximate surface area is 124 Å². The molecule has 21 heavy (non-hydrogen) atoms. The second-order valence-electron chi connectivity index (χ2n) is 5.35. The smallest absolute Gasteiger partial charge is 0.242 e. The largest absolute Gasteiger partial charge is 0.390 e. The lowest BCUT2D eigenvalue weighted by Crippen LogP contribution is -2.38. The summed E-state index contributed by atoms with van der Waals surface area (Å²) in [5.74, 6) is 0. The minimum atomic E-state index is -3.54. The first kappa shape index (κ1) is 14.3. The van der Waals surface area contributed by atoms with Crippen molar-refractivity contribution in [2.45, 2.75) is 36.8 Å². The van der Waals surface area contributed by atoms with Crippen LogP contribution in [0.4, 0.5) is 0 Å². The monoisotopic (exact) mass is 306 g/mol. The third kappa shape index (κ3) is 3.02. The first-order valence-electron chi connectivity index (χ1n) is 6.96. The third-order valence-electron chi connectivity index (χ3n) is 3.87. The minimum Gasteiger partial charge on any atom is -0.390 e. The maximum Gasteiger partial charge on any atom is 0.242 e. The van der Waals surface area contributed by atoms with Crippen molar-refractivity contribution in [2.75, 3.05) is 0 Å². The summed E-state index contributed by atoms with van der Waals surface area (Å²) >= 11 is 0. The van der Waals surface area contributed by atoms with Crippen LogP contribution in [0.1, 0.15) is 23.2 Å². The van der Waals surface area contributed by atoms with E-state index in [1.54, 1.807) is 0 Å². The van der Waals surface area contributed by atoms with Gasteiger partial charge >= 0.3 is 0 Å². The summed E-state index contributed by atoms with van der Waals surface area (Å²) in [6, 6.07) is 9.52. The molecule has 5 nitrogen and oxygen atoms in total. The number of nitrogens with one attached hydrogen (secondary N) is 2. The molecule has 0 radical (unpaired) electrons. The quantitative estimate of drug-likeness (QED) is 0.797. The van der Waals surface area contributed by atoms with Crippen LogP contribution in [0.15, 0.2) is 41.4 Å². The molecule has 1 atom stereocenters. The van der Waals surface area contributed by atoms with E-state index in [4.69, 9.17) is 5.11 Å². The average Bonchev–Trinajstić information content (AvgIpc) is 2.96. The van der Waals surface area contributed by atoms with Crippen LogP contribution >= 0.6 is 0 Å². The molecule has 0 amide bonds. The molecule has 3 rings (SSSR count). The van der Waals surface area contributed by atoms with E-state index in [9.17, 15) is 8.42 Å². The number of hydrogen-bond acceptors (Lipinski definition) is 3. The number of aromatic amines is 1. The first-order valence-corrected chi connectivity index (χ1v) is 8.44. The maximum absolute atomic E-state index is 12.3. The van der Waals surface area contributed by atoms with Gasteiger partial charge in [0.2, 0.25) is 10.0 Å². The molecule has 0 saturated carbocycles. The van der Waals surface area contributed by atoms with Gasteiger partial charge in [-0.05, 0) is 36.5 Å². The van der Waals surface area contributed by atoms with Gasteiger partial charge in [0.1, 0.15) is 0 Å². The fourth-order valence-corrected chi connectivity index (χ4v) is 4.04. The van der Waals surface area contributed by atoms with Gasteiger partial charge in [0.25, 0.3) is 0 Å². The van der Waals surface area contributed by atoms with Gasteiger partial charge in [-0.3, -0.25) is 0 Å². The van der Waals surface area contributed by atoms with E-state index >= 15 is 0 Å². The summed E-state index contributed by atoms with van der Waals surface area (Å²) in [7, 11) is -3.54. The molecule has 6 heteroatoms.